The number of hydrogen-bond acceptors (Lipinski definition) is 15. The van der Waals surface area contributed by atoms with E-state index in [9.17, 15) is 43.2 Å². The third-order valence-corrected chi connectivity index (χ3v) is 18.4. The number of esters is 4. The van der Waals surface area contributed by atoms with Gasteiger partial charge in [0.15, 0.2) is 12.2 Å². The predicted octanol–water partition coefficient (Wildman–Crippen LogP) is 23.1. The molecule has 102 heavy (non-hydrogen) atoms. The minimum absolute atomic E-state index is 0.0701. The smallest absolute Gasteiger partial charge is 0.462 e. The first kappa shape index (κ1) is 97.5. The van der Waals surface area contributed by atoms with Crippen LogP contribution in [0.25, 0.3) is 0 Å². The molecule has 0 saturated carbocycles. The Morgan fingerprint density at radius 3 is 0.892 bits per heavy atom. The van der Waals surface area contributed by atoms with Gasteiger partial charge < -0.3 is 33.8 Å². The van der Waals surface area contributed by atoms with E-state index in [1.54, 1.807) is 6.08 Å². The molecule has 17 nitrogen and oxygen atoms in total. The number of carbonyl (C=O) groups is 4. The fourth-order valence-corrected chi connectivity index (χ4v) is 12.0. The van der Waals surface area contributed by atoms with Crippen LogP contribution < -0.4 is 0 Å². The van der Waals surface area contributed by atoms with Crippen LogP contribution in [0.2, 0.25) is 0 Å². The number of rotatable bonds is 74. The summed E-state index contributed by atoms with van der Waals surface area (Å²) in [5.41, 5.74) is 0. The first-order valence-corrected chi connectivity index (χ1v) is 42.8. The summed E-state index contributed by atoms with van der Waals surface area (Å²) in [7, 11) is -9.98. The molecule has 0 bridgehead atoms. The zero-order valence-electron chi connectivity index (χ0n) is 64.0. The summed E-state index contributed by atoms with van der Waals surface area (Å²) in [6.07, 6.45) is 82.1. The maximum absolute atomic E-state index is 13.1. The van der Waals surface area contributed by atoms with E-state index < -0.39 is 97.5 Å². The van der Waals surface area contributed by atoms with E-state index in [1.165, 1.54) is 89.9 Å². The zero-order valence-corrected chi connectivity index (χ0v) is 65.8. The van der Waals surface area contributed by atoms with Crippen LogP contribution in [0.1, 0.15) is 323 Å². The average molecular weight is 1470 g/mol. The molecular formula is C83H142O17P2. The molecule has 0 heterocycles. The van der Waals surface area contributed by atoms with Gasteiger partial charge in [-0.05, 0) is 116 Å². The van der Waals surface area contributed by atoms with Crippen LogP contribution in [0.3, 0.4) is 0 Å². The molecule has 5 unspecified atom stereocenters. The Bertz CT molecular complexity index is 2410. The zero-order chi connectivity index (χ0) is 74.6. The van der Waals surface area contributed by atoms with Gasteiger partial charge in [-0.2, -0.15) is 0 Å². The third kappa shape index (κ3) is 73.8. The minimum Gasteiger partial charge on any atom is -0.462 e. The van der Waals surface area contributed by atoms with Crippen molar-refractivity contribution in [3.63, 3.8) is 0 Å². The van der Waals surface area contributed by atoms with E-state index in [2.05, 4.69) is 125 Å². The molecule has 0 rings (SSSR count). The van der Waals surface area contributed by atoms with E-state index >= 15 is 0 Å². The number of phosphoric ester groups is 2. The highest BCUT2D eigenvalue weighted by Gasteiger charge is 2.30. The van der Waals surface area contributed by atoms with Crippen molar-refractivity contribution in [1.29, 1.82) is 0 Å². The number of ether oxygens (including phenoxy) is 4. The molecule has 0 aromatic heterocycles. The van der Waals surface area contributed by atoms with Gasteiger partial charge in [-0.3, -0.25) is 37.3 Å². The van der Waals surface area contributed by atoms with Crippen LogP contribution in [-0.2, 0) is 65.4 Å². The van der Waals surface area contributed by atoms with Crippen molar-refractivity contribution in [2.75, 3.05) is 39.6 Å². The van der Waals surface area contributed by atoms with E-state index in [0.717, 1.165) is 154 Å². The number of aliphatic hydroxyl groups excluding tert-OH is 1. The van der Waals surface area contributed by atoms with Crippen molar-refractivity contribution in [2.45, 2.75) is 341 Å². The van der Waals surface area contributed by atoms with Crippen LogP contribution in [0.4, 0.5) is 0 Å². The minimum atomic E-state index is -5.00. The monoisotopic (exact) mass is 1470 g/mol. The molecule has 19 heteroatoms. The van der Waals surface area contributed by atoms with E-state index in [4.69, 9.17) is 37.0 Å². The van der Waals surface area contributed by atoms with Gasteiger partial charge in [-0.15, -0.1) is 0 Å². The molecule has 3 N–H and O–H groups in total. The summed E-state index contributed by atoms with van der Waals surface area (Å²) in [6.45, 7) is 4.52. The van der Waals surface area contributed by atoms with Crippen LogP contribution in [0.5, 0.6) is 0 Å². The van der Waals surface area contributed by atoms with Crippen molar-refractivity contribution < 1.29 is 80.2 Å². The summed E-state index contributed by atoms with van der Waals surface area (Å²) in [6, 6.07) is 0. The fraction of sp³-hybridized carbons (Fsp3) is 0.711. The first-order chi connectivity index (χ1) is 49.7. The Hall–Kier alpha value is -4.54. The van der Waals surface area contributed by atoms with Crippen LogP contribution in [0.15, 0.2) is 122 Å². The fourth-order valence-electron chi connectivity index (χ4n) is 10.5. The molecule has 0 amide bonds. The lowest BCUT2D eigenvalue weighted by molar-refractivity contribution is -0.161. The molecule has 0 aromatic carbocycles. The molecule has 0 aromatic rings. The Morgan fingerprint density at radius 1 is 0.294 bits per heavy atom. The largest absolute Gasteiger partial charge is 0.472 e. The molecule has 0 aliphatic rings. The lowest BCUT2D eigenvalue weighted by Crippen LogP contribution is -2.30. The molecular weight excluding hydrogens is 1330 g/mol. The van der Waals surface area contributed by atoms with Gasteiger partial charge >= 0.3 is 39.5 Å². The summed E-state index contributed by atoms with van der Waals surface area (Å²) in [5.74, 6) is -2.34. The Labute approximate surface area is 619 Å². The van der Waals surface area contributed by atoms with Gasteiger partial charge in [0.05, 0.1) is 32.8 Å². The van der Waals surface area contributed by atoms with Crippen LogP contribution in [-0.4, -0.2) is 96.7 Å². The molecule has 0 radical (unpaired) electrons. The van der Waals surface area contributed by atoms with E-state index in [-0.39, 0.29) is 25.7 Å². The summed E-state index contributed by atoms with van der Waals surface area (Å²) >= 11 is 0. The molecule has 0 aliphatic carbocycles. The van der Waals surface area contributed by atoms with Gasteiger partial charge in [0.1, 0.15) is 19.3 Å². The standard InChI is InChI=1S/C83H142O17P2/c1-5-9-13-17-21-25-29-33-36-37-38-39-42-45-48-52-56-60-64-68-81(86)94-73-78(99-82(87)69-65-61-57-53-49-43-32-28-24-20-16-12-8-4)75-97-101(89,90)95-71-77(84)72-96-102(91,92)98-76-79(100-83(88)70-66-62-58-54-50-46-41-35-31-27-23-19-15-11-7-3)74-93-80(85)67-63-59-55-51-47-44-40-34-30-26-22-18-14-10-6-2/h9-10,13-14,21-22,25-26,28,32-34,36,38-40,47,51,59,63,77-79,84H,5-8,11-12,15-20,23-24,27,29-31,35,37,41-46,48-50,52-58,60-62,64-76H2,1-4H3,(H,89,90)(H,91,92)/b13-9-,14-10-,25-21-,26-22-,32-28-,36-33-,39-38-,40-34-,51-47-,63-59-. The summed E-state index contributed by atoms with van der Waals surface area (Å²) in [5, 5.41) is 10.6. The second kappa shape index (κ2) is 74.7. The number of aliphatic hydroxyl groups is 1. The van der Waals surface area contributed by atoms with Crippen molar-refractivity contribution >= 4 is 39.5 Å². The maximum atomic E-state index is 13.1. The van der Waals surface area contributed by atoms with Gasteiger partial charge in [0, 0.05) is 19.3 Å². The highest BCUT2D eigenvalue weighted by atomic mass is 31.2. The lowest BCUT2D eigenvalue weighted by Gasteiger charge is -2.21. The van der Waals surface area contributed by atoms with Crippen molar-refractivity contribution in [1.82, 2.24) is 0 Å². The molecule has 0 fully saturated rings. The lowest BCUT2D eigenvalue weighted by atomic mass is 10.0. The highest BCUT2D eigenvalue weighted by Crippen LogP contribution is 2.45. The van der Waals surface area contributed by atoms with Crippen molar-refractivity contribution in [3.8, 4) is 0 Å². The number of unbranched alkanes of at least 4 members (excludes halogenated alkanes) is 29. The SMILES string of the molecule is CC/C=C\C/C=C\C/C=C\C/C=C\C/C=C\CC(=O)OCC(COP(=O)(O)OCC(O)COP(=O)(O)OCC(COC(=O)CCCCCCCC/C=C\C/C=C\C/C=C\C/C=C\CC)OC(=O)CCCCCCC/C=C\CCCCCC)OC(=O)CCCCCCCCCCCCCCCCC. The van der Waals surface area contributed by atoms with E-state index in [1.807, 2.05) is 18.2 Å². The van der Waals surface area contributed by atoms with Crippen LogP contribution >= 0.6 is 15.6 Å². The highest BCUT2D eigenvalue weighted by molar-refractivity contribution is 7.47. The van der Waals surface area contributed by atoms with Gasteiger partial charge in [0.2, 0.25) is 0 Å². The number of phosphoric acid groups is 2. The van der Waals surface area contributed by atoms with Crippen LogP contribution in [0, 0.1) is 0 Å². The Morgan fingerprint density at radius 2 is 0.549 bits per heavy atom. The van der Waals surface area contributed by atoms with Gasteiger partial charge in [-0.25, -0.2) is 9.13 Å². The van der Waals surface area contributed by atoms with Crippen molar-refractivity contribution in [3.05, 3.63) is 122 Å². The van der Waals surface area contributed by atoms with Gasteiger partial charge in [0.25, 0.3) is 0 Å². The number of hydrogen-bond donors (Lipinski definition) is 3. The molecule has 0 aliphatic heterocycles. The predicted molar refractivity (Wildman–Crippen MR) is 418 cm³/mol. The Balaban J connectivity index is 5.40. The van der Waals surface area contributed by atoms with Crippen molar-refractivity contribution in [2.24, 2.45) is 0 Å². The molecule has 5 atom stereocenters. The normalized spacial score (nSPS) is 14.5. The second-order valence-electron chi connectivity index (χ2n) is 26.3. The molecule has 586 valence electrons. The first-order valence-electron chi connectivity index (χ1n) is 39.8. The molecule has 0 spiro atoms. The summed E-state index contributed by atoms with van der Waals surface area (Å²) in [4.78, 5) is 72.9. The quantitative estimate of drug-likeness (QED) is 0.0169. The molecule has 0 saturated heterocycles. The van der Waals surface area contributed by atoms with Gasteiger partial charge in [-0.1, -0.05) is 303 Å². The third-order valence-electron chi connectivity index (χ3n) is 16.5. The average Bonchev–Trinajstić information content (AvgIpc) is 0.919. The summed E-state index contributed by atoms with van der Waals surface area (Å²) < 4.78 is 68.5. The van der Waals surface area contributed by atoms with E-state index in [0.29, 0.717) is 25.7 Å². The topological polar surface area (TPSA) is 237 Å². The Kier molecular flexibility index (Phi) is 71.4. The second-order valence-corrected chi connectivity index (χ2v) is 29.2. The number of carbonyl (C=O) groups excluding carboxylic acids is 4. The number of allylic oxidation sites excluding steroid dienone is 19. The maximum Gasteiger partial charge on any atom is 0.472 e.